The molecule has 0 aliphatic rings. The molecular weight excluding hydrogens is 150 g/mol. The van der Waals surface area contributed by atoms with E-state index in [1.165, 1.54) is 6.07 Å². The molecule has 2 heteroatoms. The van der Waals surface area contributed by atoms with Crippen LogP contribution in [-0.4, -0.2) is 5.11 Å². The zero-order valence-corrected chi connectivity index (χ0v) is 7.12. The fourth-order valence-electron chi connectivity index (χ4n) is 1.01. The number of hydrogen-bond donors (Lipinski definition) is 2. The molecule has 1 aromatic rings. The van der Waals surface area contributed by atoms with Crippen LogP contribution in [0.1, 0.15) is 18.9 Å². The van der Waals surface area contributed by atoms with Gasteiger partial charge in [-0.25, -0.2) is 0 Å². The summed E-state index contributed by atoms with van der Waals surface area (Å²) in [5, 5.41) is 9.18. The molecule has 0 amide bonds. The second-order valence-corrected chi connectivity index (χ2v) is 2.67. The number of nitrogen functional groups attached to an aromatic ring is 1. The molecule has 0 atom stereocenters. The van der Waals surface area contributed by atoms with Crippen molar-refractivity contribution < 1.29 is 5.11 Å². The van der Waals surface area contributed by atoms with Crippen LogP contribution in [0.3, 0.4) is 0 Å². The normalized spacial score (nSPS) is 10.8. The lowest BCUT2D eigenvalue weighted by Crippen LogP contribution is -1.84. The van der Waals surface area contributed by atoms with Gasteiger partial charge in [0.2, 0.25) is 0 Å². The second-order valence-electron chi connectivity index (χ2n) is 2.67. The summed E-state index contributed by atoms with van der Waals surface area (Å²) in [6.45, 7) is 2.06. The molecule has 0 aliphatic carbocycles. The Hall–Kier alpha value is -1.44. The van der Waals surface area contributed by atoms with E-state index < -0.39 is 0 Å². The maximum atomic E-state index is 9.18. The number of benzene rings is 1. The van der Waals surface area contributed by atoms with Crippen LogP contribution in [0.4, 0.5) is 5.69 Å². The van der Waals surface area contributed by atoms with Gasteiger partial charge in [-0.05, 0) is 24.1 Å². The highest BCUT2D eigenvalue weighted by Gasteiger charge is 1.92. The van der Waals surface area contributed by atoms with E-state index in [2.05, 4.69) is 6.92 Å². The first-order chi connectivity index (χ1) is 5.72. The number of allylic oxidation sites excluding steroid dienone is 1. The fourth-order valence-corrected chi connectivity index (χ4v) is 1.01. The van der Waals surface area contributed by atoms with Crippen LogP contribution in [0.25, 0.3) is 6.08 Å². The summed E-state index contributed by atoms with van der Waals surface area (Å²) in [4.78, 5) is 0. The minimum absolute atomic E-state index is 0.214. The SMILES string of the molecule is CC/C=C/c1cc(N)cc(O)c1. The monoisotopic (exact) mass is 163 g/mol. The number of nitrogens with two attached hydrogens (primary N) is 1. The fraction of sp³-hybridized carbons (Fsp3) is 0.200. The summed E-state index contributed by atoms with van der Waals surface area (Å²) >= 11 is 0. The molecule has 0 bridgehead atoms. The van der Waals surface area contributed by atoms with Crippen molar-refractivity contribution >= 4 is 11.8 Å². The van der Waals surface area contributed by atoms with E-state index in [1.807, 2.05) is 18.2 Å². The number of anilines is 1. The molecule has 0 unspecified atom stereocenters. The van der Waals surface area contributed by atoms with Crippen molar-refractivity contribution in [2.45, 2.75) is 13.3 Å². The average molecular weight is 163 g/mol. The van der Waals surface area contributed by atoms with Crippen molar-refractivity contribution in [3.63, 3.8) is 0 Å². The van der Waals surface area contributed by atoms with Crippen LogP contribution in [0, 0.1) is 0 Å². The maximum absolute atomic E-state index is 9.18. The molecule has 64 valence electrons. The van der Waals surface area contributed by atoms with Crippen molar-refractivity contribution in [3.05, 3.63) is 29.8 Å². The van der Waals surface area contributed by atoms with Crippen LogP contribution in [0.2, 0.25) is 0 Å². The summed E-state index contributed by atoms with van der Waals surface area (Å²) < 4.78 is 0. The van der Waals surface area contributed by atoms with Crippen LogP contribution in [0.5, 0.6) is 5.75 Å². The average Bonchev–Trinajstić information content (AvgIpc) is 1.99. The Labute approximate surface area is 72.3 Å². The van der Waals surface area contributed by atoms with E-state index >= 15 is 0 Å². The lowest BCUT2D eigenvalue weighted by atomic mass is 10.1. The first-order valence-corrected chi connectivity index (χ1v) is 3.98. The second kappa shape index (κ2) is 3.81. The molecular formula is C10H13NO. The van der Waals surface area contributed by atoms with Gasteiger partial charge in [-0.15, -0.1) is 0 Å². The van der Waals surface area contributed by atoms with Crippen LogP contribution >= 0.6 is 0 Å². The van der Waals surface area contributed by atoms with Gasteiger partial charge in [0.25, 0.3) is 0 Å². The standard InChI is InChI=1S/C10H13NO/c1-2-3-4-8-5-9(11)7-10(12)6-8/h3-7,12H,2,11H2,1H3/b4-3+. The quantitative estimate of drug-likeness (QED) is 0.657. The van der Waals surface area contributed by atoms with E-state index in [0.29, 0.717) is 5.69 Å². The number of phenolic OH excluding ortho intramolecular Hbond substituents is 1. The zero-order chi connectivity index (χ0) is 8.97. The van der Waals surface area contributed by atoms with E-state index in [4.69, 9.17) is 5.73 Å². The van der Waals surface area contributed by atoms with Crippen molar-refractivity contribution in [1.29, 1.82) is 0 Å². The third-order valence-electron chi connectivity index (χ3n) is 1.51. The first-order valence-electron chi connectivity index (χ1n) is 3.98. The summed E-state index contributed by atoms with van der Waals surface area (Å²) in [7, 11) is 0. The molecule has 0 aromatic heterocycles. The van der Waals surface area contributed by atoms with Gasteiger partial charge < -0.3 is 10.8 Å². The predicted molar refractivity (Wildman–Crippen MR) is 51.8 cm³/mol. The lowest BCUT2D eigenvalue weighted by Gasteiger charge is -1.98. The third-order valence-corrected chi connectivity index (χ3v) is 1.51. The smallest absolute Gasteiger partial charge is 0.118 e. The van der Waals surface area contributed by atoms with Crippen molar-refractivity contribution in [3.8, 4) is 5.75 Å². The maximum Gasteiger partial charge on any atom is 0.118 e. The number of rotatable bonds is 2. The van der Waals surface area contributed by atoms with Crippen molar-refractivity contribution in [2.24, 2.45) is 0 Å². The van der Waals surface area contributed by atoms with Gasteiger partial charge in [0.1, 0.15) is 5.75 Å². The Morgan fingerprint density at radius 1 is 1.42 bits per heavy atom. The molecule has 3 N–H and O–H groups in total. The summed E-state index contributed by atoms with van der Waals surface area (Å²) in [5.41, 5.74) is 7.07. The molecule has 0 saturated heterocycles. The Morgan fingerprint density at radius 2 is 2.17 bits per heavy atom. The lowest BCUT2D eigenvalue weighted by molar-refractivity contribution is 0.475. The van der Waals surface area contributed by atoms with E-state index in [1.54, 1.807) is 6.07 Å². The summed E-state index contributed by atoms with van der Waals surface area (Å²) in [5.74, 6) is 0.214. The predicted octanol–water partition coefficient (Wildman–Crippen LogP) is 2.40. The van der Waals surface area contributed by atoms with E-state index in [-0.39, 0.29) is 5.75 Å². The van der Waals surface area contributed by atoms with Crippen LogP contribution in [-0.2, 0) is 0 Å². The van der Waals surface area contributed by atoms with Gasteiger partial charge in [0, 0.05) is 11.8 Å². The van der Waals surface area contributed by atoms with Gasteiger partial charge in [-0.2, -0.15) is 0 Å². The molecule has 0 saturated carbocycles. The van der Waals surface area contributed by atoms with Crippen LogP contribution in [0.15, 0.2) is 24.3 Å². The molecule has 0 aliphatic heterocycles. The number of aromatic hydroxyl groups is 1. The molecule has 0 spiro atoms. The number of hydrogen-bond acceptors (Lipinski definition) is 2. The molecule has 2 nitrogen and oxygen atoms in total. The molecule has 1 rings (SSSR count). The van der Waals surface area contributed by atoms with E-state index in [9.17, 15) is 5.11 Å². The van der Waals surface area contributed by atoms with Crippen molar-refractivity contribution in [1.82, 2.24) is 0 Å². The highest BCUT2D eigenvalue weighted by atomic mass is 16.3. The van der Waals surface area contributed by atoms with Gasteiger partial charge in [-0.1, -0.05) is 19.1 Å². The molecule has 0 radical (unpaired) electrons. The minimum atomic E-state index is 0.214. The summed E-state index contributed by atoms with van der Waals surface area (Å²) in [6.07, 6.45) is 4.94. The van der Waals surface area contributed by atoms with E-state index in [0.717, 1.165) is 12.0 Å². The highest BCUT2D eigenvalue weighted by molar-refractivity contribution is 5.58. The Bertz CT molecular complexity index is 272. The summed E-state index contributed by atoms with van der Waals surface area (Å²) in [6, 6.07) is 5.04. The molecule has 12 heavy (non-hydrogen) atoms. The van der Waals surface area contributed by atoms with Crippen molar-refractivity contribution in [2.75, 3.05) is 5.73 Å². The Morgan fingerprint density at radius 3 is 2.75 bits per heavy atom. The largest absolute Gasteiger partial charge is 0.508 e. The zero-order valence-electron chi connectivity index (χ0n) is 7.12. The van der Waals surface area contributed by atoms with Gasteiger partial charge in [-0.3, -0.25) is 0 Å². The topological polar surface area (TPSA) is 46.2 Å². The highest BCUT2D eigenvalue weighted by Crippen LogP contribution is 2.18. The third kappa shape index (κ3) is 2.31. The molecule has 0 heterocycles. The Kier molecular flexibility index (Phi) is 2.75. The molecule has 1 aromatic carbocycles. The number of phenols is 1. The van der Waals surface area contributed by atoms with Gasteiger partial charge in [0.15, 0.2) is 0 Å². The Balaban J connectivity index is 2.93. The minimum Gasteiger partial charge on any atom is -0.508 e. The van der Waals surface area contributed by atoms with Gasteiger partial charge >= 0.3 is 0 Å². The first kappa shape index (κ1) is 8.65. The van der Waals surface area contributed by atoms with Gasteiger partial charge in [0.05, 0.1) is 0 Å². The molecule has 0 fully saturated rings. The van der Waals surface area contributed by atoms with Crippen LogP contribution < -0.4 is 5.73 Å².